The predicted molar refractivity (Wildman–Crippen MR) is 67.3 cm³/mol. The Kier molecular flexibility index (Phi) is 3.25. The smallest absolute Gasteiger partial charge is 0.317 e. The summed E-state index contributed by atoms with van der Waals surface area (Å²) in [4.78, 5) is 24.6. The lowest BCUT2D eigenvalue weighted by Crippen LogP contribution is -2.41. The van der Waals surface area contributed by atoms with Crippen LogP contribution in [0, 0.1) is 10.8 Å². The van der Waals surface area contributed by atoms with E-state index in [-0.39, 0.29) is 6.03 Å². The first-order chi connectivity index (χ1) is 8.35. The number of carboxylic acids is 1. The van der Waals surface area contributed by atoms with Gasteiger partial charge in [-0.25, -0.2) is 4.79 Å². The van der Waals surface area contributed by atoms with Crippen molar-refractivity contribution in [2.45, 2.75) is 39.5 Å². The molecule has 0 aromatic carbocycles. The maximum atomic E-state index is 11.9. The summed E-state index contributed by atoms with van der Waals surface area (Å²) in [6.45, 7) is 5.47. The van der Waals surface area contributed by atoms with E-state index in [1.54, 1.807) is 11.8 Å². The number of aliphatic carboxylic acids is 1. The Morgan fingerprint density at radius 3 is 2.44 bits per heavy atom. The average Bonchev–Trinajstić information content (AvgIpc) is 2.88. The first-order valence-electron chi connectivity index (χ1n) is 6.61. The zero-order valence-corrected chi connectivity index (χ0v) is 11.2. The fourth-order valence-corrected chi connectivity index (χ4v) is 2.36. The maximum Gasteiger partial charge on any atom is 0.317 e. The summed E-state index contributed by atoms with van der Waals surface area (Å²) in [5.74, 6) is -0.816. The molecule has 1 heterocycles. The Morgan fingerprint density at radius 2 is 1.94 bits per heavy atom. The molecular formula is C13H22N2O3. The van der Waals surface area contributed by atoms with Crippen LogP contribution in [0.4, 0.5) is 4.79 Å². The third kappa shape index (κ3) is 2.76. The molecule has 1 aliphatic heterocycles. The summed E-state index contributed by atoms with van der Waals surface area (Å²) in [7, 11) is 0. The van der Waals surface area contributed by atoms with Gasteiger partial charge in [-0.3, -0.25) is 4.79 Å². The molecular weight excluding hydrogens is 232 g/mol. The fraction of sp³-hybridized carbons (Fsp3) is 0.846. The first-order valence-corrected chi connectivity index (χ1v) is 6.61. The molecule has 0 aromatic rings. The minimum atomic E-state index is -0.816. The molecule has 2 fully saturated rings. The summed E-state index contributed by atoms with van der Waals surface area (Å²) in [6.07, 6.45) is 4.06. The van der Waals surface area contributed by atoms with Crippen LogP contribution in [0.5, 0.6) is 0 Å². The molecule has 2 rings (SSSR count). The van der Waals surface area contributed by atoms with Crippen LogP contribution < -0.4 is 5.32 Å². The van der Waals surface area contributed by atoms with Crippen LogP contribution in [-0.4, -0.2) is 41.6 Å². The number of hydrogen-bond donors (Lipinski definition) is 2. The number of urea groups is 1. The standard InChI is InChI=1S/C13H22N2O3/c1-12(3-4-12)5-7-14-11(18)15-8-6-13(2,9-15)10(16)17/h3-9H2,1-2H3,(H,14,18)(H,16,17). The number of rotatable bonds is 4. The van der Waals surface area contributed by atoms with Gasteiger partial charge in [0.05, 0.1) is 5.41 Å². The van der Waals surface area contributed by atoms with Crippen molar-refractivity contribution >= 4 is 12.0 Å². The number of carbonyl (C=O) groups excluding carboxylic acids is 1. The van der Waals surface area contributed by atoms with Gasteiger partial charge < -0.3 is 15.3 Å². The Morgan fingerprint density at radius 1 is 1.28 bits per heavy atom. The third-order valence-corrected chi connectivity index (χ3v) is 4.39. The Balaban J connectivity index is 1.75. The number of nitrogens with one attached hydrogen (secondary N) is 1. The molecule has 1 saturated heterocycles. The van der Waals surface area contributed by atoms with Crippen molar-refractivity contribution in [3.63, 3.8) is 0 Å². The SMILES string of the molecule is CC1(CCNC(=O)N2CCC(C)(C(=O)O)C2)CC1. The lowest BCUT2D eigenvalue weighted by atomic mass is 9.90. The normalized spacial score (nSPS) is 29.1. The van der Waals surface area contributed by atoms with Crippen molar-refractivity contribution in [2.24, 2.45) is 10.8 Å². The number of amides is 2. The summed E-state index contributed by atoms with van der Waals surface area (Å²) < 4.78 is 0. The van der Waals surface area contributed by atoms with E-state index in [1.165, 1.54) is 12.8 Å². The van der Waals surface area contributed by atoms with Crippen LogP contribution in [0.25, 0.3) is 0 Å². The van der Waals surface area contributed by atoms with Crippen molar-refractivity contribution in [1.82, 2.24) is 10.2 Å². The highest BCUT2D eigenvalue weighted by molar-refractivity contribution is 5.79. The average molecular weight is 254 g/mol. The Bertz CT molecular complexity index is 365. The van der Waals surface area contributed by atoms with Crippen LogP contribution in [0.15, 0.2) is 0 Å². The minimum Gasteiger partial charge on any atom is -0.481 e. The number of nitrogens with zero attached hydrogens (tertiary/aromatic N) is 1. The van der Waals surface area contributed by atoms with Gasteiger partial charge in [0.25, 0.3) is 0 Å². The summed E-state index contributed by atoms with van der Waals surface area (Å²) in [6, 6.07) is -0.121. The van der Waals surface area contributed by atoms with Gasteiger partial charge >= 0.3 is 12.0 Å². The van der Waals surface area contributed by atoms with Crippen molar-refractivity contribution in [3.8, 4) is 0 Å². The van der Waals surface area contributed by atoms with Gasteiger partial charge in [-0.05, 0) is 38.0 Å². The van der Waals surface area contributed by atoms with Crippen LogP contribution in [0.2, 0.25) is 0 Å². The molecule has 2 N–H and O–H groups in total. The molecule has 2 amide bonds. The van der Waals surface area contributed by atoms with E-state index in [4.69, 9.17) is 5.11 Å². The molecule has 0 radical (unpaired) electrons. The highest BCUT2D eigenvalue weighted by Crippen LogP contribution is 2.47. The molecule has 1 unspecified atom stereocenters. The predicted octanol–water partition coefficient (Wildman–Crippen LogP) is 1.68. The zero-order chi connectivity index (χ0) is 13.4. The molecule has 102 valence electrons. The van der Waals surface area contributed by atoms with Gasteiger partial charge in [-0.1, -0.05) is 6.92 Å². The molecule has 2 aliphatic rings. The summed E-state index contributed by atoms with van der Waals surface area (Å²) >= 11 is 0. The van der Waals surface area contributed by atoms with Crippen molar-refractivity contribution in [2.75, 3.05) is 19.6 Å². The van der Waals surface area contributed by atoms with Gasteiger partial charge in [0, 0.05) is 19.6 Å². The van der Waals surface area contributed by atoms with E-state index in [0.29, 0.717) is 31.5 Å². The minimum absolute atomic E-state index is 0.121. The number of likely N-dealkylation sites (tertiary alicyclic amines) is 1. The van der Waals surface area contributed by atoms with Gasteiger partial charge in [-0.2, -0.15) is 0 Å². The van der Waals surface area contributed by atoms with E-state index in [0.717, 1.165) is 6.42 Å². The van der Waals surface area contributed by atoms with E-state index < -0.39 is 11.4 Å². The fourth-order valence-electron chi connectivity index (χ4n) is 2.36. The van der Waals surface area contributed by atoms with Crippen LogP contribution in [-0.2, 0) is 4.79 Å². The maximum absolute atomic E-state index is 11.9. The second kappa shape index (κ2) is 4.44. The van der Waals surface area contributed by atoms with Crippen LogP contribution >= 0.6 is 0 Å². The van der Waals surface area contributed by atoms with Gasteiger partial charge in [-0.15, -0.1) is 0 Å². The Hall–Kier alpha value is -1.26. The molecule has 0 aromatic heterocycles. The van der Waals surface area contributed by atoms with E-state index >= 15 is 0 Å². The second-order valence-electron chi connectivity index (χ2n) is 6.33. The molecule has 5 nitrogen and oxygen atoms in total. The number of carboxylic acid groups (broad SMARTS) is 1. The van der Waals surface area contributed by atoms with E-state index in [9.17, 15) is 9.59 Å². The Labute approximate surface area is 108 Å². The quantitative estimate of drug-likeness (QED) is 0.802. The van der Waals surface area contributed by atoms with Crippen molar-refractivity contribution < 1.29 is 14.7 Å². The summed E-state index contributed by atoms with van der Waals surface area (Å²) in [5.41, 5.74) is -0.340. The lowest BCUT2D eigenvalue weighted by Gasteiger charge is -2.21. The van der Waals surface area contributed by atoms with E-state index in [2.05, 4.69) is 12.2 Å². The lowest BCUT2D eigenvalue weighted by molar-refractivity contribution is -0.146. The van der Waals surface area contributed by atoms with Crippen LogP contribution in [0.1, 0.15) is 39.5 Å². The zero-order valence-electron chi connectivity index (χ0n) is 11.2. The van der Waals surface area contributed by atoms with Gasteiger partial charge in [0.1, 0.15) is 0 Å². The van der Waals surface area contributed by atoms with Crippen molar-refractivity contribution in [3.05, 3.63) is 0 Å². The first kappa shape index (κ1) is 13.2. The highest BCUT2D eigenvalue weighted by Gasteiger charge is 2.42. The van der Waals surface area contributed by atoms with Crippen LogP contribution in [0.3, 0.4) is 0 Å². The number of carbonyl (C=O) groups is 2. The molecule has 0 bridgehead atoms. The molecule has 1 saturated carbocycles. The third-order valence-electron chi connectivity index (χ3n) is 4.39. The summed E-state index contributed by atoms with van der Waals surface area (Å²) in [5, 5.41) is 12.0. The number of hydrogen-bond acceptors (Lipinski definition) is 2. The van der Waals surface area contributed by atoms with Gasteiger partial charge in [0.15, 0.2) is 0 Å². The highest BCUT2D eigenvalue weighted by atomic mass is 16.4. The van der Waals surface area contributed by atoms with Crippen molar-refractivity contribution in [1.29, 1.82) is 0 Å². The molecule has 1 atom stereocenters. The molecule has 0 spiro atoms. The molecule has 18 heavy (non-hydrogen) atoms. The topological polar surface area (TPSA) is 69.6 Å². The second-order valence-corrected chi connectivity index (χ2v) is 6.33. The van der Waals surface area contributed by atoms with E-state index in [1.807, 2.05) is 0 Å². The monoisotopic (exact) mass is 254 g/mol. The molecule has 5 heteroatoms. The largest absolute Gasteiger partial charge is 0.481 e. The molecule has 1 aliphatic carbocycles. The van der Waals surface area contributed by atoms with Gasteiger partial charge in [0.2, 0.25) is 0 Å².